The number of hydrogen-bond acceptors (Lipinski definition) is 7. The average molecular weight is 284 g/mol. The molecule has 0 aliphatic heterocycles. The van der Waals surface area contributed by atoms with E-state index >= 15 is 0 Å². The molecule has 3 N–H and O–H groups in total. The molecular weight excluding hydrogens is 276 g/mol. The second-order valence-electron chi connectivity index (χ2n) is 4.09. The van der Waals surface area contributed by atoms with Crippen molar-refractivity contribution in [2.45, 2.75) is 10.2 Å². The number of benzene rings is 1. The minimum absolute atomic E-state index is 0.500. The highest BCUT2D eigenvalue weighted by Gasteiger charge is 2.12. The Labute approximate surface area is 116 Å². The molecule has 0 saturated heterocycles. The van der Waals surface area contributed by atoms with Gasteiger partial charge in [0.2, 0.25) is 0 Å². The summed E-state index contributed by atoms with van der Waals surface area (Å²) in [5, 5.41) is 1.22. The van der Waals surface area contributed by atoms with Gasteiger partial charge in [-0.1, -0.05) is 0 Å². The summed E-state index contributed by atoms with van der Waals surface area (Å²) in [6, 6.07) is 5.35. The number of hydrogen-bond donors (Lipinski definition) is 2. The van der Waals surface area contributed by atoms with Crippen LogP contribution in [0.4, 0.5) is 5.69 Å². The molecule has 0 aliphatic carbocycles. The quantitative estimate of drug-likeness (QED) is 0.429. The third-order valence-corrected chi connectivity index (χ3v) is 3.62. The molecule has 0 spiro atoms. The van der Waals surface area contributed by atoms with Gasteiger partial charge in [-0.2, -0.15) is 0 Å². The Morgan fingerprint density at radius 2 is 2.15 bits per heavy atom. The number of imidazole rings is 1. The highest BCUT2D eigenvalue weighted by atomic mass is 32.2. The molecule has 0 fully saturated rings. The van der Waals surface area contributed by atoms with Crippen LogP contribution in [0.25, 0.3) is 22.3 Å². The molecule has 7 nitrogen and oxygen atoms in total. The van der Waals surface area contributed by atoms with E-state index in [2.05, 4.69) is 24.9 Å². The summed E-state index contributed by atoms with van der Waals surface area (Å²) in [5.74, 6) is 0. The molecule has 0 atom stereocenters. The molecule has 3 heterocycles. The van der Waals surface area contributed by atoms with E-state index in [4.69, 9.17) is 10.2 Å². The van der Waals surface area contributed by atoms with E-state index in [0.717, 1.165) is 11.0 Å². The van der Waals surface area contributed by atoms with Crippen molar-refractivity contribution in [2.24, 2.45) is 0 Å². The van der Waals surface area contributed by atoms with Crippen molar-refractivity contribution in [3.63, 3.8) is 0 Å². The molecule has 1 aromatic carbocycles. The van der Waals surface area contributed by atoms with E-state index in [9.17, 15) is 0 Å². The average Bonchev–Trinajstić information content (AvgIpc) is 3.04. The topological polar surface area (TPSA) is 107 Å². The highest BCUT2D eigenvalue weighted by Crippen LogP contribution is 2.31. The van der Waals surface area contributed by atoms with Crippen molar-refractivity contribution >= 4 is 39.7 Å². The fourth-order valence-electron chi connectivity index (χ4n) is 1.87. The Morgan fingerprint density at radius 1 is 1.20 bits per heavy atom. The Morgan fingerprint density at radius 3 is 3.10 bits per heavy atom. The fourth-order valence-corrected chi connectivity index (χ4v) is 2.66. The Hall–Kier alpha value is -2.61. The standard InChI is InChI=1S/C12H8N6OS/c13-6-1-2-8-7(3-6)18-12(19-8)20-11-9-10(15-4-14-9)16-5-17-11/h1-5H,13H2,(H,14,15,16,17). The normalized spacial score (nSPS) is 11.4. The lowest BCUT2D eigenvalue weighted by atomic mass is 10.3. The second-order valence-corrected chi connectivity index (χ2v) is 5.03. The maximum absolute atomic E-state index is 5.72. The molecule has 20 heavy (non-hydrogen) atoms. The first-order valence-electron chi connectivity index (χ1n) is 5.77. The predicted octanol–water partition coefficient (Wildman–Crippen LogP) is 2.23. The van der Waals surface area contributed by atoms with Gasteiger partial charge in [0.05, 0.1) is 6.33 Å². The van der Waals surface area contributed by atoms with Crippen LogP contribution in [0.3, 0.4) is 0 Å². The minimum atomic E-state index is 0.500. The van der Waals surface area contributed by atoms with Crippen molar-refractivity contribution in [2.75, 3.05) is 5.73 Å². The smallest absolute Gasteiger partial charge is 0.263 e. The van der Waals surface area contributed by atoms with Gasteiger partial charge in [0.1, 0.15) is 22.4 Å². The molecule has 8 heteroatoms. The number of H-pyrrole nitrogens is 1. The largest absolute Gasteiger partial charge is 0.431 e. The van der Waals surface area contributed by atoms with Crippen molar-refractivity contribution in [3.8, 4) is 0 Å². The van der Waals surface area contributed by atoms with Gasteiger partial charge >= 0.3 is 0 Å². The first-order valence-corrected chi connectivity index (χ1v) is 6.59. The third-order valence-electron chi connectivity index (χ3n) is 2.76. The molecule has 98 valence electrons. The van der Waals surface area contributed by atoms with Gasteiger partial charge in [0.15, 0.2) is 11.2 Å². The lowest BCUT2D eigenvalue weighted by molar-refractivity contribution is 0.489. The summed E-state index contributed by atoms with van der Waals surface area (Å²) >= 11 is 1.31. The lowest BCUT2D eigenvalue weighted by Crippen LogP contribution is -1.85. The molecule has 3 aromatic heterocycles. The molecule has 4 rings (SSSR count). The van der Waals surface area contributed by atoms with Gasteiger partial charge in [0.25, 0.3) is 5.22 Å². The van der Waals surface area contributed by atoms with Crippen molar-refractivity contribution in [1.29, 1.82) is 0 Å². The summed E-state index contributed by atoms with van der Waals surface area (Å²) in [4.78, 5) is 19.8. The van der Waals surface area contributed by atoms with Crippen molar-refractivity contribution in [3.05, 3.63) is 30.9 Å². The monoisotopic (exact) mass is 284 g/mol. The van der Waals surface area contributed by atoms with Gasteiger partial charge in [-0.25, -0.2) is 19.9 Å². The predicted molar refractivity (Wildman–Crippen MR) is 74.2 cm³/mol. The molecular formula is C12H8N6OS. The number of nitrogens with one attached hydrogen (secondary N) is 1. The van der Waals surface area contributed by atoms with Gasteiger partial charge < -0.3 is 15.1 Å². The molecule has 0 saturated carbocycles. The van der Waals surface area contributed by atoms with Crippen LogP contribution in [0.2, 0.25) is 0 Å². The van der Waals surface area contributed by atoms with Gasteiger partial charge in [-0.3, -0.25) is 0 Å². The molecule has 0 unspecified atom stereocenters. The molecule has 0 aliphatic rings. The van der Waals surface area contributed by atoms with Crippen LogP contribution >= 0.6 is 11.8 Å². The van der Waals surface area contributed by atoms with E-state index in [1.54, 1.807) is 24.5 Å². The zero-order valence-corrected chi connectivity index (χ0v) is 10.9. The summed E-state index contributed by atoms with van der Waals surface area (Å²) in [7, 11) is 0. The number of rotatable bonds is 2. The Bertz CT molecular complexity index is 915. The number of fused-ring (bicyclic) bond motifs is 2. The number of aromatic amines is 1. The van der Waals surface area contributed by atoms with Crippen LogP contribution in [0.15, 0.2) is 45.5 Å². The molecule has 4 aromatic rings. The number of nitrogens with zero attached hydrogens (tertiary/aromatic N) is 4. The second kappa shape index (κ2) is 4.20. The van der Waals surface area contributed by atoms with Gasteiger partial charge in [0, 0.05) is 5.69 Å². The summed E-state index contributed by atoms with van der Waals surface area (Å²) in [5.41, 5.74) is 9.17. The minimum Gasteiger partial charge on any atom is -0.431 e. The number of aromatic nitrogens is 5. The van der Waals surface area contributed by atoms with E-state index in [-0.39, 0.29) is 0 Å². The third kappa shape index (κ3) is 1.77. The zero-order chi connectivity index (χ0) is 13.5. The summed E-state index contributed by atoms with van der Waals surface area (Å²) < 4.78 is 5.65. The number of oxazole rings is 1. The fraction of sp³-hybridized carbons (Fsp3) is 0. The highest BCUT2D eigenvalue weighted by molar-refractivity contribution is 7.99. The van der Waals surface area contributed by atoms with E-state index < -0.39 is 0 Å². The van der Waals surface area contributed by atoms with Crippen molar-refractivity contribution < 1.29 is 4.42 Å². The summed E-state index contributed by atoms with van der Waals surface area (Å²) in [6.45, 7) is 0. The number of anilines is 1. The van der Waals surface area contributed by atoms with Crippen LogP contribution in [0, 0.1) is 0 Å². The first kappa shape index (κ1) is 11.2. The Kier molecular flexibility index (Phi) is 2.36. The number of nitrogens with two attached hydrogens (primary N) is 1. The van der Waals surface area contributed by atoms with Crippen LogP contribution in [0.5, 0.6) is 0 Å². The maximum atomic E-state index is 5.72. The maximum Gasteiger partial charge on any atom is 0.263 e. The van der Waals surface area contributed by atoms with Crippen molar-refractivity contribution in [1.82, 2.24) is 24.9 Å². The van der Waals surface area contributed by atoms with Crippen LogP contribution < -0.4 is 5.73 Å². The number of nitrogen functional groups attached to an aromatic ring is 1. The molecule has 0 amide bonds. The van der Waals surface area contributed by atoms with Crippen LogP contribution in [0.1, 0.15) is 0 Å². The molecule has 0 radical (unpaired) electrons. The first-order chi connectivity index (χ1) is 9.79. The van der Waals surface area contributed by atoms with Gasteiger partial charge in [-0.15, -0.1) is 0 Å². The van der Waals surface area contributed by atoms with Crippen LogP contribution in [-0.2, 0) is 0 Å². The Balaban J connectivity index is 1.78. The van der Waals surface area contributed by atoms with E-state index in [0.29, 0.717) is 27.2 Å². The van der Waals surface area contributed by atoms with E-state index in [1.165, 1.54) is 18.1 Å². The lowest BCUT2D eigenvalue weighted by Gasteiger charge is -1.96. The molecule has 0 bridgehead atoms. The van der Waals surface area contributed by atoms with Crippen LogP contribution in [-0.4, -0.2) is 24.9 Å². The van der Waals surface area contributed by atoms with Gasteiger partial charge in [-0.05, 0) is 30.0 Å². The summed E-state index contributed by atoms with van der Waals surface area (Å²) in [6.07, 6.45) is 3.04. The zero-order valence-electron chi connectivity index (χ0n) is 10.1. The van der Waals surface area contributed by atoms with E-state index in [1.807, 2.05) is 0 Å². The SMILES string of the molecule is Nc1ccc2oc(Sc3ncnc4nc[nH]c34)nc2c1.